The van der Waals surface area contributed by atoms with Gasteiger partial charge >= 0.3 is 0 Å². The van der Waals surface area contributed by atoms with E-state index in [1.807, 2.05) is 0 Å². The highest BCUT2D eigenvalue weighted by molar-refractivity contribution is 5.48. The molecular formula is C21H35N3. The van der Waals surface area contributed by atoms with Crippen molar-refractivity contribution in [2.24, 2.45) is 5.92 Å². The summed E-state index contributed by atoms with van der Waals surface area (Å²) in [5, 5.41) is 0. The number of piperidine rings is 1. The molecule has 0 aromatic heterocycles. The predicted octanol–water partition coefficient (Wildman–Crippen LogP) is 3.63. The van der Waals surface area contributed by atoms with Gasteiger partial charge in [-0.1, -0.05) is 12.1 Å². The van der Waals surface area contributed by atoms with Gasteiger partial charge in [0.25, 0.3) is 0 Å². The Balaban J connectivity index is 1.43. The molecule has 0 atom stereocenters. The van der Waals surface area contributed by atoms with Gasteiger partial charge in [-0.2, -0.15) is 0 Å². The van der Waals surface area contributed by atoms with Crippen LogP contribution in [0.25, 0.3) is 0 Å². The van der Waals surface area contributed by atoms with Crippen molar-refractivity contribution in [3.8, 4) is 0 Å². The number of rotatable bonds is 3. The van der Waals surface area contributed by atoms with Crippen LogP contribution in [-0.2, 0) is 0 Å². The van der Waals surface area contributed by atoms with Crippen LogP contribution in [0.2, 0.25) is 0 Å². The van der Waals surface area contributed by atoms with Gasteiger partial charge in [-0.05, 0) is 64.2 Å². The van der Waals surface area contributed by atoms with Gasteiger partial charge in [0, 0.05) is 57.0 Å². The van der Waals surface area contributed by atoms with Crippen LogP contribution in [0.5, 0.6) is 0 Å². The molecule has 134 valence electrons. The van der Waals surface area contributed by atoms with E-state index < -0.39 is 0 Å². The van der Waals surface area contributed by atoms with E-state index in [1.54, 1.807) is 0 Å². The Hall–Kier alpha value is -1.06. The Morgan fingerprint density at radius 2 is 1.62 bits per heavy atom. The van der Waals surface area contributed by atoms with Crippen LogP contribution in [0.15, 0.2) is 24.3 Å². The zero-order valence-corrected chi connectivity index (χ0v) is 16.1. The molecule has 0 saturated carbocycles. The molecule has 1 aromatic rings. The third kappa shape index (κ3) is 4.52. The first-order chi connectivity index (χ1) is 11.4. The average molecular weight is 330 g/mol. The van der Waals surface area contributed by atoms with Crippen LogP contribution in [0.4, 0.5) is 5.69 Å². The van der Waals surface area contributed by atoms with E-state index in [4.69, 9.17) is 0 Å². The van der Waals surface area contributed by atoms with Gasteiger partial charge in [0.05, 0.1) is 0 Å². The monoisotopic (exact) mass is 329 g/mol. The van der Waals surface area contributed by atoms with Crippen molar-refractivity contribution in [3.63, 3.8) is 0 Å². The SMILES string of the molecule is Cc1cccc(N2CCC(CN3CCN(C(C)(C)C)CC3)CC2)c1. The Bertz CT molecular complexity index is 518. The highest BCUT2D eigenvalue weighted by Gasteiger charge is 2.28. The normalized spacial score (nSPS) is 22.1. The van der Waals surface area contributed by atoms with Gasteiger partial charge in [0.1, 0.15) is 0 Å². The summed E-state index contributed by atoms with van der Waals surface area (Å²) in [6.07, 6.45) is 2.68. The van der Waals surface area contributed by atoms with E-state index in [0.29, 0.717) is 5.54 Å². The molecule has 3 nitrogen and oxygen atoms in total. The molecule has 2 aliphatic heterocycles. The molecule has 3 heteroatoms. The number of anilines is 1. The van der Waals surface area contributed by atoms with Gasteiger partial charge in [-0.3, -0.25) is 4.90 Å². The summed E-state index contributed by atoms with van der Waals surface area (Å²) in [4.78, 5) is 7.90. The van der Waals surface area contributed by atoms with E-state index in [0.717, 1.165) is 5.92 Å². The fourth-order valence-corrected chi connectivity index (χ4v) is 4.16. The van der Waals surface area contributed by atoms with E-state index in [-0.39, 0.29) is 0 Å². The molecule has 2 aliphatic rings. The fraction of sp³-hybridized carbons (Fsp3) is 0.714. The van der Waals surface area contributed by atoms with Gasteiger partial charge < -0.3 is 9.80 Å². The van der Waals surface area contributed by atoms with Crippen molar-refractivity contribution < 1.29 is 0 Å². The summed E-state index contributed by atoms with van der Waals surface area (Å²) in [6, 6.07) is 8.96. The molecule has 1 aromatic carbocycles. The molecule has 3 rings (SSSR count). The first-order valence-electron chi connectivity index (χ1n) is 9.71. The molecule has 0 aliphatic carbocycles. The Morgan fingerprint density at radius 3 is 2.21 bits per heavy atom. The molecule has 0 amide bonds. The largest absolute Gasteiger partial charge is 0.372 e. The minimum atomic E-state index is 0.325. The van der Waals surface area contributed by atoms with Gasteiger partial charge in [0.2, 0.25) is 0 Å². The van der Waals surface area contributed by atoms with E-state index >= 15 is 0 Å². The quantitative estimate of drug-likeness (QED) is 0.838. The zero-order chi connectivity index (χ0) is 17.2. The van der Waals surface area contributed by atoms with Gasteiger partial charge in [-0.15, -0.1) is 0 Å². The minimum absolute atomic E-state index is 0.325. The fourth-order valence-electron chi connectivity index (χ4n) is 4.16. The molecular weight excluding hydrogens is 294 g/mol. The predicted molar refractivity (Wildman–Crippen MR) is 104 cm³/mol. The first-order valence-corrected chi connectivity index (χ1v) is 9.71. The maximum atomic E-state index is 2.70. The van der Waals surface area contributed by atoms with Crippen LogP contribution < -0.4 is 4.90 Å². The Morgan fingerprint density at radius 1 is 0.958 bits per heavy atom. The smallest absolute Gasteiger partial charge is 0.0368 e. The molecule has 0 bridgehead atoms. The van der Waals surface area contributed by atoms with Crippen LogP contribution >= 0.6 is 0 Å². The summed E-state index contributed by atoms with van der Waals surface area (Å²) in [6.45, 7) is 17.9. The third-order valence-electron chi connectivity index (χ3n) is 5.82. The van der Waals surface area contributed by atoms with Crippen molar-refractivity contribution >= 4 is 5.69 Å². The number of hydrogen-bond donors (Lipinski definition) is 0. The van der Waals surface area contributed by atoms with Crippen LogP contribution in [0.3, 0.4) is 0 Å². The lowest BCUT2D eigenvalue weighted by Crippen LogP contribution is -2.54. The highest BCUT2D eigenvalue weighted by Crippen LogP contribution is 2.25. The summed E-state index contributed by atoms with van der Waals surface area (Å²) in [5.41, 5.74) is 3.10. The Labute approximate surface area is 148 Å². The lowest BCUT2D eigenvalue weighted by Gasteiger charge is -2.43. The molecule has 2 saturated heterocycles. The van der Waals surface area contributed by atoms with Crippen molar-refractivity contribution in [3.05, 3.63) is 29.8 Å². The molecule has 0 unspecified atom stereocenters. The number of benzene rings is 1. The summed E-state index contributed by atoms with van der Waals surface area (Å²) in [7, 11) is 0. The lowest BCUT2D eigenvalue weighted by atomic mass is 9.95. The molecule has 2 heterocycles. The van der Waals surface area contributed by atoms with E-state index in [9.17, 15) is 0 Å². The second-order valence-electron chi connectivity index (χ2n) is 8.73. The average Bonchev–Trinajstić information content (AvgIpc) is 2.55. The maximum absolute atomic E-state index is 2.70. The van der Waals surface area contributed by atoms with Crippen molar-refractivity contribution in [1.82, 2.24) is 9.80 Å². The molecule has 24 heavy (non-hydrogen) atoms. The van der Waals surface area contributed by atoms with Crippen LogP contribution in [0, 0.1) is 12.8 Å². The van der Waals surface area contributed by atoms with Gasteiger partial charge in [-0.25, -0.2) is 0 Å². The number of nitrogens with zero attached hydrogens (tertiary/aromatic N) is 3. The Kier molecular flexibility index (Phi) is 5.51. The van der Waals surface area contributed by atoms with Crippen molar-refractivity contribution in [1.29, 1.82) is 0 Å². The standard InChI is InChI=1S/C21H35N3/c1-18-6-5-7-20(16-18)23-10-8-19(9-11-23)17-22-12-14-24(15-13-22)21(2,3)4/h5-7,16,19H,8-15,17H2,1-4H3. The third-order valence-corrected chi connectivity index (χ3v) is 5.82. The van der Waals surface area contributed by atoms with Crippen molar-refractivity contribution in [2.45, 2.75) is 46.1 Å². The second kappa shape index (κ2) is 7.45. The molecule has 2 fully saturated rings. The highest BCUT2D eigenvalue weighted by atomic mass is 15.3. The van der Waals surface area contributed by atoms with Crippen LogP contribution in [-0.4, -0.2) is 61.2 Å². The molecule has 0 radical (unpaired) electrons. The number of piperazine rings is 1. The second-order valence-corrected chi connectivity index (χ2v) is 8.73. The van der Waals surface area contributed by atoms with Crippen LogP contribution in [0.1, 0.15) is 39.2 Å². The first kappa shape index (κ1) is 17.8. The number of aryl methyl sites for hydroxylation is 1. The van der Waals surface area contributed by atoms with E-state index in [1.165, 1.54) is 69.9 Å². The topological polar surface area (TPSA) is 9.72 Å². The molecule has 0 spiro atoms. The zero-order valence-electron chi connectivity index (χ0n) is 16.1. The van der Waals surface area contributed by atoms with Crippen molar-refractivity contribution in [2.75, 3.05) is 50.7 Å². The van der Waals surface area contributed by atoms with Gasteiger partial charge in [0.15, 0.2) is 0 Å². The van der Waals surface area contributed by atoms with E-state index in [2.05, 4.69) is 66.7 Å². The number of hydrogen-bond acceptors (Lipinski definition) is 3. The summed E-state index contributed by atoms with van der Waals surface area (Å²) < 4.78 is 0. The lowest BCUT2D eigenvalue weighted by molar-refractivity contribution is 0.0533. The summed E-state index contributed by atoms with van der Waals surface area (Å²) >= 11 is 0. The maximum Gasteiger partial charge on any atom is 0.0368 e. The minimum Gasteiger partial charge on any atom is -0.372 e. The molecule has 0 N–H and O–H groups in total. The summed E-state index contributed by atoms with van der Waals surface area (Å²) in [5.74, 6) is 0.882.